The van der Waals surface area contributed by atoms with Crippen LogP contribution in [0.2, 0.25) is 0 Å². The largest absolute Gasteiger partial charge is 0.551 e. The van der Waals surface area contributed by atoms with Gasteiger partial charge in [-0.1, -0.05) is 0 Å². The lowest BCUT2D eigenvalue weighted by Crippen LogP contribution is -2.41. The number of alkyl halides is 3. The maximum atomic E-state index is 13.4. The van der Waals surface area contributed by atoms with Crippen LogP contribution in [0.15, 0.2) is 42.9 Å². The van der Waals surface area contributed by atoms with E-state index in [0.717, 1.165) is 21.0 Å². The second kappa shape index (κ2) is 5.47. The summed E-state index contributed by atoms with van der Waals surface area (Å²) in [6, 6.07) is 7.27. The Balaban J connectivity index is 1.80. The van der Waals surface area contributed by atoms with E-state index in [1.54, 1.807) is 13.2 Å². The molecule has 0 saturated heterocycles. The number of hydrogen-bond donors (Lipinski definition) is 1. The number of methoxy groups -OCH3 is 1. The highest BCUT2D eigenvalue weighted by Crippen LogP contribution is 2.33. The highest BCUT2D eigenvalue weighted by atomic mass is 19.4. The molecule has 0 radical (unpaired) electrons. The lowest BCUT2D eigenvalue weighted by atomic mass is 10.1. The number of benzene rings is 1. The molecule has 0 atom stereocenters. The number of nitrogens with one attached hydrogen (secondary N) is 1. The van der Waals surface area contributed by atoms with Crippen molar-refractivity contribution in [2.24, 2.45) is 7.05 Å². The third-order valence-electron chi connectivity index (χ3n) is 4.77. The monoisotopic (exact) mass is 387 g/mol. The van der Waals surface area contributed by atoms with Gasteiger partial charge in [-0.2, -0.15) is 5.10 Å². The highest BCUT2D eigenvalue weighted by Gasteiger charge is 2.39. The molecule has 0 aliphatic carbocycles. The smallest absolute Gasteiger partial charge is 0.497 e. The van der Waals surface area contributed by atoms with Crippen LogP contribution < -0.4 is 9.25 Å². The van der Waals surface area contributed by atoms with Gasteiger partial charge < -0.3 is 9.30 Å². The molecule has 1 aromatic carbocycles. The van der Waals surface area contributed by atoms with E-state index in [4.69, 9.17) is 4.74 Å². The highest BCUT2D eigenvalue weighted by molar-refractivity contribution is 5.97. The molecular weight excluding hydrogens is 373 g/mol. The van der Waals surface area contributed by atoms with Crippen LogP contribution in [0.5, 0.6) is 5.75 Å². The van der Waals surface area contributed by atoms with Crippen LogP contribution in [0.4, 0.5) is 13.2 Å². The van der Waals surface area contributed by atoms with Crippen LogP contribution in [0.25, 0.3) is 38.8 Å². The molecule has 0 fully saturated rings. The van der Waals surface area contributed by atoms with Crippen LogP contribution in [-0.2, 0) is 13.3 Å². The molecular formula is C18H14F3N6O+. The molecule has 7 nitrogen and oxygen atoms in total. The van der Waals surface area contributed by atoms with Crippen molar-refractivity contribution in [1.82, 2.24) is 24.4 Å². The number of rotatable bonds is 2. The van der Waals surface area contributed by atoms with Crippen molar-refractivity contribution in [3.8, 4) is 17.0 Å². The summed E-state index contributed by atoms with van der Waals surface area (Å²) in [6.45, 7) is 0. The number of aromatic nitrogens is 6. The first-order valence-corrected chi connectivity index (χ1v) is 8.35. The van der Waals surface area contributed by atoms with Crippen molar-refractivity contribution < 1.29 is 22.4 Å². The fraction of sp³-hybridized carbons (Fsp3) is 0.167. The molecule has 4 aromatic heterocycles. The molecule has 10 heteroatoms. The fourth-order valence-electron chi connectivity index (χ4n) is 3.50. The molecule has 0 aliphatic rings. The number of fused-ring (bicyclic) bond motifs is 4. The van der Waals surface area contributed by atoms with Crippen LogP contribution in [0.3, 0.4) is 0 Å². The maximum absolute atomic E-state index is 13.4. The predicted octanol–water partition coefficient (Wildman–Crippen LogP) is 3.14. The summed E-state index contributed by atoms with van der Waals surface area (Å²) in [4.78, 5) is 8.78. The molecule has 5 aromatic rings. The summed E-state index contributed by atoms with van der Waals surface area (Å²) in [7, 11) is 3.48. The number of aromatic amines is 1. The Morgan fingerprint density at radius 2 is 2.04 bits per heavy atom. The third kappa shape index (κ3) is 2.27. The van der Waals surface area contributed by atoms with Gasteiger partial charge in [0.1, 0.15) is 5.75 Å². The Hall–Kier alpha value is -3.56. The standard InChI is InChI=1S/C18H13F3N6O/c1-25-9-13(12-5-11(28-2)3-4-15(12)25)14-6-16-17(24-14)22-7-10-8-23-27(26(10)16)18(19,20)21/h3-9H,1-2H3/p+1. The minimum atomic E-state index is -4.61. The van der Waals surface area contributed by atoms with Gasteiger partial charge in [0, 0.05) is 40.6 Å². The molecule has 0 saturated carbocycles. The fourth-order valence-corrected chi connectivity index (χ4v) is 3.50. The second-order valence-corrected chi connectivity index (χ2v) is 6.43. The van der Waals surface area contributed by atoms with E-state index in [1.165, 1.54) is 12.4 Å². The van der Waals surface area contributed by atoms with E-state index in [0.29, 0.717) is 11.4 Å². The van der Waals surface area contributed by atoms with E-state index in [-0.39, 0.29) is 21.5 Å². The second-order valence-electron chi connectivity index (χ2n) is 6.43. The number of nitrogens with zero attached hydrogens (tertiary/aromatic N) is 5. The number of H-pyrrole nitrogens is 1. The topological polar surface area (TPSA) is 64.8 Å². The van der Waals surface area contributed by atoms with Gasteiger partial charge in [0.05, 0.1) is 19.0 Å². The summed E-state index contributed by atoms with van der Waals surface area (Å²) >= 11 is 0. The van der Waals surface area contributed by atoms with Gasteiger partial charge in [0.2, 0.25) is 16.7 Å². The Bertz CT molecular complexity index is 1360. The minimum absolute atomic E-state index is 0.101. The normalized spacial score (nSPS) is 12.5. The van der Waals surface area contributed by atoms with E-state index in [1.807, 2.05) is 36.0 Å². The first-order valence-electron chi connectivity index (χ1n) is 8.35. The minimum Gasteiger partial charge on any atom is -0.497 e. The van der Waals surface area contributed by atoms with Gasteiger partial charge in [-0.25, -0.2) is 9.97 Å². The average molecular weight is 387 g/mol. The Kier molecular flexibility index (Phi) is 3.25. The quantitative estimate of drug-likeness (QED) is 0.474. The Labute approximate surface area is 155 Å². The summed E-state index contributed by atoms with van der Waals surface area (Å²) in [5.41, 5.74) is 3.05. The first-order chi connectivity index (χ1) is 13.4. The van der Waals surface area contributed by atoms with Crippen molar-refractivity contribution >= 4 is 27.6 Å². The lowest BCUT2D eigenvalue weighted by Gasteiger charge is -2.02. The lowest BCUT2D eigenvalue weighted by molar-refractivity contribution is -0.630. The molecule has 5 rings (SSSR count). The molecule has 0 unspecified atom stereocenters. The molecule has 0 bridgehead atoms. The van der Waals surface area contributed by atoms with Crippen LogP contribution in [0, 0.1) is 0 Å². The number of ether oxygens (including phenoxy) is 1. The Morgan fingerprint density at radius 1 is 1.21 bits per heavy atom. The SMILES string of the molecule is COc1ccc2c(c1)c(-c1cc3c(ncc4c[nH]n(C(F)(F)F)[n+]43)n1)cn2C. The van der Waals surface area contributed by atoms with E-state index in [2.05, 4.69) is 15.1 Å². The first kappa shape index (κ1) is 16.6. The van der Waals surface area contributed by atoms with Crippen molar-refractivity contribution in [1.29, 1.82) is 0 Å². The number of hydrogen-bond acceptors (Lipinski definition) is 3. The van der Waals surface area contributed by atoms with Gasteiger partial charge in [-0.15, -0.1) is 17.7 Å². The van der Waals surface area contributed by atoms with Gasteiger partial charge in [-0.3, -0.25) is 0 Å². The molecule has 4 heterocycles. The molecule has 28 heavy (non-hydrogen) atoms. The molecule has 1 N–H and O–H groups in total. The maximum Gasteiger partial charge on any atom is 0.551 e. The van der Waals surface area contributed by atoms with Gasteiger partial charge in [0.25, 0.3) is 0 Å². The Morgan fingerprint density at radius 3 is 2.79 bits per heavy atom. The molecule has 0 amide bonds. The van der Waals surface area contributed by atoms with Crippen LogP contribution in [-0.4, -0.2) is 31.5 Å². The third-order valence-corrected chi connectivity index (χ3v) is 4.77. The van der Waals surface area contributed by atoms with E-state index < -0.39 is 6.30 Å². The van der Waals surface area contributed by atoms with Gasteiger partial charge >= 0.3 is 6.30 Å². The summed E-state index contributed by atoms with van der Waals surface area (Å²) in [5.74, 6) is 0.687. The molecule has 142 valence electrons. The van der Waals surface area contributed by atoms with Crippen LogP contribution in [0.1, 0.15) is 0 Å². The van der Waals surface area contributed by atoms with Crippen molar-refractivity contribution in [3.05, 3.63) is 42.9 Å². The van der Waals surface area contributed by atoms with E-state index in [9.17, 15) is 13.2 Å². The van der Waals surface area contributed by atoms with E-state index >= 15 is 0 Å². The van der Waals surface area contributed by atoms with Gasteiger partial charge in [-0.05, 0) is 18.2 Å². The molecule has 0 aliphatic heterocycles. The average Bonchev–Trinajstić information content (AvgIpc) is 3.34. The summed E-state index contributed by atoms with van der Waals surface area (Å²) in [6.07, 6.45) is -0.119. The van der Waals surface area contributed by atoms with Crippen molar-refractivity contribution in [2.75, 3.05) is 7.11 Å². The number of halogens is 3. The zero-order valence-corrected chi connectivity index (χ0v) is 14.8. The van der Waals surface area contributed by atoms with Crippen molar-refractivity contribution in [2.45, 2.75) is 6.30 Å². The van der Waals surface area contributed by atoms with Crippen molar-refractivity contribution in [3.63, 3.8) is 0 Å². The van der Waals surface area contributed by atoms with Crippen LogP contribution >= 0.6 is 0 Å². The summed E-state index contributed by atoms with van der Waals surface area (Å²) in [5, 5.41) is 3.10. The molecule has 0 spiro atoms. The zero-order chi connectivity index (χ0) is 19.6. The summed E-state index contributed by atoms with van der Waals surface area (Å²) < 4.78 is 48.3. The van der Waals surface area contributed by atoms with Gasteiger partial charge in [0.15, 0.2) is 6.20 Å². The predicted molar refractivity (Wildman–Crippen MR) is 94.8 cm³/mol. The number of aryl methyl sites for hydroxylation is 1. The zero-order valence-electron chi connectivity index (χ0n) is 14.8.